The van der Waals surface area contributed by atoms with E-state index in [1.807, 2.05) is 74.5 Å². The number of nitrogens with one attached hydrogen (secondary N) is 1. The summed E-state index contributed by atoms with van der Waals surface area (Å²) >= 11 is 3.39. The maximum absolute atomic E-state index is 11.8. The van der Waals surface area contributed by atoms with E-state index in [2.05, 4.69) is 26.5 Å². The topological polar surface area (TPSA) is 50.7 Å². The Morgan fingerprint density at radius 1 is 1.25 bits per heavy atom. The molecule has 0 aliphatic heterocycles. The Labute approximate surface area is 150 Å². The van der Waals surface area contributed by atoms with E-state index in [0.717, 1.165) is 15.6 Å². The lowest BCUT2D eigenvalue weighted by Crippen LogP contribution is -2.25. The van der Waals surface area contributed by atoms with Gasteiger partial charge in [0, 0.05) is 4.47 Å². The van der Waals surface area contributed by atoms with E-state index >= 15 is 0 Å². The van der Waals surface area contributed by atoms with E-state index in [4.69, 9.17) is 4.74 Å². The van der Waals surface area contributed by atoms with E-state index in [0.29, 0.717) is 11.5 Å². The number of hydrogen-bond acceptors (Lipinski definition) is 3. The van der Waals surface area contributed by atoms with Crippen LogP contribution < -0.4 is 10.2 Å². The summed E-state index contributed by atoms with van der Waals surface area (Å²) in [5.74, 6) is 0.378. The van der Waals surface area contributed by atoms with Crippen LogP contribution >= 0.6 is 15.9 Å². The number of hydrazone groups is 1. The lowest BCUT2D eigenvalue weighted by atomic mass is 10.2. The minimum Gasteiger partial charge on any atom is -0.483 e. The van der Waals surface area contributed by atoms with Crippen molar-refractivity contribution in [3.05, 3.63) is 70.2 Å². The number of benzene rings is 2. The second-order valence-corrected chi connectivity index (χ2v) is 6.15. The summed E-state index contributed by atoms with van der Waals surface area (Å²) in [5, 5.41) is 4.03. The van der Waals surface area contributed by atoms with Crippen LogP contribution in [0.4, 0.5) is 0 Å². The van der Waals surface area contributed by atoms with Crippen LogP contribution in [0.15, 0.2) is 64.2 Å². The summed E-state index contributed by atoms with van der Waals surface area (Å²) in [6.45, 7) is 3.66. The van der Waals surface area contributed by atoms with Gasteiger partial charge >= 0.3 is 0 Å². The number of hydrogen-bond donors (Lipinski definition) is 1. The molecule has 0 aliphatic carbocycles. The number of aryl methyl sites for hydroxylation is 1. The van der Waals surface area contributed by atoms with Gasteiger partial charge in [-0.25, -0.2) is 5.43 Å². The Morgan fingerprint density at radius 2 is 2.00 bits per heavy atom. The average molecular weight is 387 g/mol. The number of ether oxygens (including phenoxy) is 1. The highest BCUT2D eigenvalue weighted by Crippen LogP contribution is 2.21. The fraction of sp³-hybridized carbons (Fsp3) is 0.158. The molecule has 2 rings (SSSR count). The SMILES string of the molecule is CC(/C=C/c1ccccc1)=N\NC(=O)COc1ccc(Br)cc1C. The van der Waals surface area contributed by atoms with Gasteiger partial charge in [-0.15, -0.1) is 0 Å². The Kier molecular flexibility index (Phi) is 6.75. The van der Waals surface area contributed by atoms with Gasteiger partial charge in [0.2, 0.25) is 0 Å². The first kappa shape index (κ1) is 17.9. The summed E-state index contributed by atoms with van der Waals surface area (Å²) in [7, 11) is 0. The van der Waals surface area contributed by atoms with Gasteiger partial charge in [-0.2, -0.15) is 5.10 Å². The zero-order valence-electron chi connectivity index (χ0n) is 13.6. The van der Waals surface area contributed by atoms with Crippen LogP contribution in [0.5, 0.6) is 5.75 Å². The summed E-state index contributed by atoms with van der Waals surface area (Å²) in [6.07, 6.45) is 3.78. The van der Waals surface area contributed by atoms with Crippen molar-refractivity contribution < 1.29 is 9.53 Å². The zero-order chi connectivity index (χ0) is 17.4. The monoisotopic (exact) mass is 386 g/mol. The molecule has 124 valence electrons. The minimum atomic E-state index is -0.301. The molecule has 0 saturated heterocycles. The third kappa shape index (κ3) is 6.01. The molecular formula is C19H19BrN2O2. The molecule has 0 atom stereocenters. The van der Waals surface area contributed by atoms with Gasteiger partial charge in [0.15, 0.2) is 6.61 Å². The van der Waals surface area contributed by atoms with Crippen LogP contribution in [0.25, 0.3) is 6.08 Å². The molecule has 2 aromatic carbocycles. The van der Waals surface area contributed by atoms with Crippen molar-refractivity contribution >= 4 is 33.6 Å². The molecule has 0 aromatic heterocycles. The largest absolute Gasteiger partial charge is 0.483 e. The first-order valence-corrected chi connectivity index (χ1v) is 8.29. The average Bonchev–Trinajstić information content (AvgIpc) is 2.58. The highest BCUT2D eigenvalue weighted by atomic mass is 79.9. The molecule has 0 bridgehead atoms. The molecule has 24 heavy (non-hydrogen) atoms. The molecular weight excluding hydrogens is 368 g/mol. The van der Waals surface area contributed by atoms with Crippen molar-refractivity contribution in [1.29, 1.82) is 0 Å². The zero-order valence-corrected chi connectivity index (χ0v) is 15.2. The predicted octanol–water partition coefficient (Wildman–Crippen LogP) is 4.34. The molecule has 0 fully saturated rings. The van der Waals surface area contributed by atoms with Gasteiger partial charge in [0.1, 0.15) is 5.75 Å². The van der Waals surface area contributed by atoms with Gasteiger partial charge in [0.25, 0.3) is 5.91 Å². The highest BCUT2D eigenvalue weighted by Gasteiger charge is 2.04. The van der Waals surface area contributed by atoms with Crippen LogP contribution in [0.2, 0.25) is 0 Å². The molecule has 1 N–H and O–H groups in total. The fourth-order valence-corrected chi connectivity index (χ4v) is 2.39. The van der Waals surface area contributed by atoms with Crippen LogP contribution in [0.3, 0.4) is 0 Å². The maximum Gasteiger partial charge on any atom is 0.277 e. The second-order valence-electron chi connectivity index (χ2n) is 5.23. The van der Waals surface area contributed by atoms with Crippen molar-refractivity contribution in [3.8, 4) is 5.75 Å². The molecule has 0 unspecified atom stereocenters. The van der Waals surface area contributed by atoms with Crippen molar-refractivity contribution in [1.82, 2.24) is 5.43 Å². The van der Waals surface area contributed by atoms with Crippen molar-refractivity contribution in [2.75, 3.05) is 6.61 Å². The summed E-state index contributed by atoms with van der Waals surface area (Å²) in [5.41, 5.74) is 5.22. The van der Waals surface area contributed by atoms with Crippen LogP contribution in [0.1, 0.15) is 18.1 Å². The third-order valence-corrected chi connectivity index (χ3v) is 3.66. The molecule has 1 amide bonds. The van der Waals surface area contributed by atoms with Gasteiger partial charge < -0.3 is 4.74 Å². The molecule has 4 nitrogen and oxygen atoms in total. The minimum absolute atomic E-state index is 0.0817. The Bertz CT molecular complexity index is 755. The van der Waals surface area contributed by atoms with Crippen LogP contribution in [0, 0.1) is 6.92 Å². The Balaban J connectivity index is 1.82. The number of allylic oxidation sites excluding steroid dienone is 1. The number of nitrogens with zero attached hydrogens (tertiary/aromatic N) is 1. The van der Waals surface area contributed by atoms with Gasteiger partial charge in [-0.3, -0.25) is 4.79 Å². The molecule has 5 heteroatoms. The molecule has 0 radical (unpaired) electrons. The maximum atomic E-state index is 11.8. The molecule has 0 heterocycles. The lowest BCUT2D eigenvalue weighted by Gasteiger charge is -2.08. The summed E-state index contributed by atoms with van der Waals surface area (Å²) in [4.78, 5) is 11.8. The van der Waals surface area contributed by atoms with E-state index in [1.54, 1.807) is 0 Å². The van der Waals surface area contributed by atoms with Gasteiger partial charge in [0.05, 0.1) is 5.71 Å². The predicted molar refractivity (Wildman–Crippen MR) is 101 cm³/mol. The van der Waals surface area contributed by atoms with Gasteiger partial charge in [-0.1, -0.05) is 52.3 Å². The molecule has 0 aliphatic rings. The van der Waals surface area contributed by atoms with Crippen LogP contribution in [-0.2, 0) is 4.79 Å². The molecule has 0 spiro atoms. The number of carbonyl (C=O) groups is 1. The molecule has 2 aromatic rings. The Hall–Kier alpha value is -2.40. The summed E-state index contributed by atoms with van der Waals surface area (Å²) < 4.78 is 6.47. The van der Waals surface area contributed by atoms with Crippen LogP contribution in [-0.4, -0.2) is 18.2 Å². The molecule has 0 saturated carbocycles. The smallest absolute Gasteiger partial charge is 0.277 e. The van der Waals surface area contributed by atoms with E-state index in [-0.39, 0.29) is 12.5 Å². The normalized spacial score (nSPS) is 11.5. The standard InChI is InChI=1S/C19H19BrN2O2/c1-14-12-17(20)10-11-18(14)24-13-19(23)22-21-15(2)8-9-16-6-4-3-5-7-16/h3-12H,13H2,1-2H3,(H,22,23)/b9-8+,21-15+. The van der Waals surface area contributed by atoms with Crippen molar-refractivity contribution in [2.24, 2.45) is 5.10 Å². The van der Waals surface area contributed by atoms with Crippen molar-refractivity contribution in [3.63, 3.8) is 0 Å². The first-order chi connectivity index (χ1) is 11.5. The third-order valence-electron chi connectivity index (χ3n) is 3.17. The highest BCUT2D eigenvalue weighted by molar-refractivity contribution is 9.10. The number of halogens is 1. The number of amides is 1. The Morgan fingerprint density at radius 3 is 2.71 bits per heavy atom. The van der Waals surface area contributed by atoms with E-state index < -0.39 is 0 Å². The first-order valence-electron chi connectivity index (χ1n) is 7.50. The lowest BCUT2D eigenvalue weighted by molar-refractivity contribution is -0.123. The van der Waals surface area contributed by atoms with E-state index in [1.165, 1.54) is 0 Å². The quantitative estimate of drug-likeness (QED) is 0.592. The number of carbonyl (C=O) groups excluding carboxylic acids is 1. The number of rotatable bonds is 6. The summed E-state index contributed by atoms with van der Waals surface area (Å²) in [6, 6.07) is 15.5. The van der Waals surface area contributed by atoms with Gasteiger partial charge in [-0.05, 0) is 49.2 Å². The van der Waals surface area contributed by atoms with E-state index in [9.17, 15) is 4.79 Å². The fourth-order valence-electron chi connectivity index (χ4n) is 1.92. The van der Waals surface area contributed by atoms with Crippen molar-refractivity contribution in [2.45, 2.75) is 13.8 Å². The second kappa shape index (κ2) is 9.03.